The second kappa shape index (κ2) is 17.2. The summed E-state index contributed by atoms with van der Waals surface area (Å²) in [5, 5.41) is 0. The van der Waals surface area contributed by atoms with E-state index in [4.69, 9.17) is 0 Å². The van der Waals surface area contributed by atoms with E-state index in [1.54, 1.807) is 0 Å². The molecule has 0 fully saturated rings. The SMILES string of the molecule is CCCCCCCCCCCCN(C)CCC.Cl. The number of unbranched alkanes of at least 4 members (excludes halogenated alkanes) is 9. The molecule has 0 aromatic rings. The van der Waals surface area contributed by atoms with Gasteiger partial charge in [-0.2, -0.15) is 0 Å². The van der Waals surface area contributed by atoms with Gasteiger partial charge in [-0.1, -0.05) is 71.6 Å². The minimum absolute atomic E-state index is 0. The molecule has 0 heterocycles. The molecular formula is C16H36ClN. The highest BCUT2D eigenvalue weighted by atomic mass is 35.5. The molecule has 0 unspecified atom stereocenters. The third-order valence-electron chi connectivity index (χ3n) is 3.50. The summed E-state index contributed by atoms with van der Waals surface area (Å²) in [6, 6.07) is 0. The maximum Gasteiger partial charge on any atom is -0.00218 e. The zero-order chi connectivity index (χ0) is 12.8. The summed E-state index contributed by atoms with van der Waals surface area (Å²) in [6.45, 7) is 7.10. The Morgan fingerprint density at radius 3 is 1.44 bits per heavy atom. The summed E-state index contributed by atoms with van der Waals surface area (Å²) in [6.07, 6.45) is 15.7. The van der Waals surface area contributed by atoms with Crippen LogP contribution in [0.4, 0.5) is 0 Å². The summed E-state index contributed by atoms with van der Waals surface area (Å²) in [7, 11) is 2.25. The number of halogens is 1. The lowest BCUT2D eigenvalue weighted by molar-refractivity contribution is 0.324. The maximum atomic E-state index is 2.46. The smallest absolute Gasteiger partial charge is 0.00218 e. The molecule has 0 N–H and O–H groups in total. The molecule has 0 aromatic heterocycles. The fraction of sp³-hybridized carbons (Fsp3) is 1.00. The van der Waals surface area contributed by atoms with Crippen molar-refractivity contribution < 1.29 is 0 Å². The van der Waals surface area contributed by atoms with Crippen molar-refractivity contribution in [2.75, 3.05) is 20.1 Å². The fourth-order valence-electron chi connectivity index (χ4n) is 2.36. The topological polar surface area (TPSA) is 3.24 Å². The Kier molecular flexibility index (Phi) is 19.7. The number of nitrogens with zero attached hydrogens (tertiary/aromatic N) is 1. The van der Waals surface area contributed by atoms with Gasteiger partial charge in [-0.25, -0.2) is 0 Å². The number of rotatable bonds is 13. The Morgan fingerprint density at radius 1 is 0.556 bits per heavy atom. The first-order chi connectivity index (χ1) is 8.31. The lowest BCUT2D eigenvalue weighted by atomic mass is 10.1. The minimum Gasteiger partial charge on any atom is -0.306 e. The van der Waals surface area contributed by atoms with Gasteiger partial charge in [0, 0.05) is 0 Å². The molecule has 0 saturated carbocycles. The van der Waals surface area contributed by atoms with E-state index in [0.29, 0.717) is 0 Å². The molecule has 1 nitrogen and oxygen atoms in total. The lowest BCUT2D eigenvalue weighted by Crippen LogP contribution is -2.20. The minimum atomic E-state index is 0. The van der Waals surface area contributed by atoms with E-state index in [1.165, 1.54) is 83.7 Å². The number of hydrogen-bond acceptors (Lipinski definition) is 1. The summed E-state index contributed by atoms with van der Waals surface area (Å²) < 4.78 is 0. The third kappa shape index (κ3) is 16.2. The van der Waals surface area contributed by atoms with Gasteiger partial charge in [0.1, 0.15) is 0 Å². The van der Waals surface area contributed by atoms with Crippen molar-refractivity contribution in [2.24, 2.45) is 0 Å². The standard InChI is InChI=1S/C16H35N.ClH/c1-4-6-7-8-9-10-11-12-13-14-16-17(3)15-5-2;/h4-16H2,1-3H3;1H. The maximum absolute atomic E-state index is 2.46. The largest absolute Gasteiger partial charge is 0.306 e. The van der Waals surface area contributed by atoms with Gasteiger partial charge in [0.2, 0.25) is 0 Å². The van der Waals surface area contributed by atoms with Gasteiger partial charge < -0.3 is 4.90 Å². The molecule has 2 heteroatoms. The van der Waals surface area contributed by atoms with Crippen LogP contribution in [0.15, 0.2) is 0 Å². The average molecular weight is 278 g/mol. The van der Waals surface area contributed by atoms with Gasteiger partial charge in [-0.3, -0.25) is 0 Å². The van der Waals surface area contributed by atoms with Crippen molar-refractivity contribution >= 4 is 12.4 Å². The summed E-state index contributed by atoms with van der Waals surface area (Å²) >= 11 is 0. The zero-order valence-corrected chi connectivity index (χ0v) is 13.9. The molecule has 0 atom stereocenters. The Hall–Kier alpha value is 0.250. The van der Waals surface area contributed by atoms with E-state index >= 15 is 0 Å². The molecule has 0 aliphatic rings. The molecule has 112 valence electrons. The molecule has 0 spiro atoms. The first kappa shape index (κ1) is 20.6. The van der Waals surface area contributed by atoms with Crippen LogP contribution in [-0.2, 0) is 0 Å². The van der Waals surface area contributed by atoms with Gasteiger partial charge in [0.05, 0.1) is 0 Å². The summed E-state index contributed by atoms with van der Waals surface area (Å²) in [5.41, 5.74) is 0. The van der Waals surface area contributed by atoms with Gasteiger partial charge in [-0.05, 0) is 33.0 Å². The van der Waals surface area contributed by atoms with Gasteiger partial charge in [-0.15, -0.1) is 12.4 Å². The molecule has 0 amide bonds. The van der Waals surface area contributed by atoms with E-state index in [1.807, 2.05) is 0 Å². The Labute approximate surface area is 122 Å². The van der Waals surface area contributed by atoms with Crippen LogP contribution in [-0.4, -0.2) is 25.0 Å². The zero-order valence-electron chi connectivity index (χ0n) is 13.0. The highest BCUT2D eigenvalue weighted by Gasteiger charge is 1.96. The van der Waals surface area contributed by atoms with E-state index in [9.17, 15) is 0 Å². The molecule has 0 bridgehead atoms. The predicted molar refractivity (Wildman–Crippen MR) is 86.9 cm³/mol. The van der Waals surface area contributed by atoms with Crippen molar-refractivity contribution in [3.8, 4) is 0 Å². The van der Waals surface area contributed by atoms with Crippen molar-refractivity contribution in [3.05, 3.63) is 0 Å². The van der Waals surface area contributed by atoms with E-state index in [2.05, 4.69) is 25.8 Å². The molecular weight excluding hydrogens is 242 g/mol. The lowest BCUT2D eigenvalue weighted by Gasteiger charge is -2.14. The van der Waals surface area contributed by atoms with Crippen LogP contribution in [0.25, 0.3) is 0 Å². The Balaban J connectivity index is 0. The second-order valence-electron chi connectivity index (χ2n) is 5.49. The number of hydrogen-bond donors (Lipinski definition) is 0. The molecule has 0 rings (SSSR count). The predicted octanol–water partition coefficient (Wildman–Crippen LogP) is 5.67. The Morgan fingerprint density at radius 2 is 1.00 bits per heavy atom. The molecule has 0 aliphatic carbocycles. The first-order valence-corrected chi connectivity index (χ1v) is 7.99. The molecule has 0 aromatic carbocycles. The van der Waals surface area contributed by atoms with Gasteiger partial charge in [0.15, 0.2) is 0 Å². The highest BCUT2D eigenvalue weighted by Crippen LogP contribution is 2.10. The van der Waals surface area contributed by atoms with E-state index in [0.717, 1.165) is 0 Å². The van der Waals surface area contributed by atoms with Crippen LogP contribution in [0.5, 0.6) is 0 Å². The van der Waals surface area contributed by atoms with E-state index in [-0.39, 0.29) is 12.4 Å². The van der Waals surface area contributed by atoms with Crippen LogP contribution in [0.3, 0.4) is 0 Å². The monoisotopic (exact) mass is 277 g/mol. The second-order valence-corrected chi connectivity index (χ2v) is 5.49. The van der Waals surface area contributed by atoms with Crippen LogP contribution in [0.1, 0.15) is 84.5 Å². The van der Waals surface area contributed by atoms with Crippen LogP contribution >= 0.6 is 12.4 Å². The van der Waals surface area contributed by atoms with Crippen LogP contribution < -0.4 is 0 Å². The summed E-state index contributed by atoms with van der Waals surface area (Å²) in [5.74, 6) is 0. The third-order valence-corrected chi connectivity index (χ3v) is 3.50. The Bertz CT molecular complexity index is 139. The van der Waals surface area contributed by atoms with Crippen LogP contribution in [0, 0.1) is 0 Å². The molecule has 0 saturated heterocycles. The van der Waals surface area contributed by atoms with Crippen LogP contribution in [0.2, 0.25) is 0 Å². The highest BCUT2D eigenvalue weighted by molar-refractivity contribution is 5.85. The summed E-state index contributed by atoms with van der Waals surface area (Å²) in [4.78, 5) is 2.46. The van der Waals surface area contributed by atoms with Crippen molar-refractivity contribution in [2.45, 2.75) is 84.5 Å². The first-order valence-electron chi connectivity index (χ1n) is 7.99. The fourth-order valence-corrected chi connectivity index (χ4v) is 2.36. The normalized spacial score (nSPS) is 10.7. The van der Waals surface area contributed by atoms with Crippen molar-refractivity contribution in [3.63, 3.8) is 0 Å². The van der Waals surface area contributed by atoms with Crippen molar-refractivity contribution in [1.29, 1.82) is 0 Å². The molecule has 0 aliphatic heterocycles. The molecule has 0 radical (unpaired) electrons. The van der Waals surface area contributed by atoms with Gasteiger partial charge >= 0.3 is 0 Å². The van der Waals surface area contributed by atoms with Gasteiger partial charge in [0.25, 0.3) is 0 Å². The molecule has 18 heavy (non-hydrogen) atoms. The quantitative estimate of drug-likeness (QED) is 0.392. The van der Waals surface area contributed by atoms with Crippen molar-refractivity contribution in [1.82, 2.24) is 4.90 Å². The van der Waals surface area contributed by atoms with E-state index < -0.39 is 0 Å². The average Bonchev–Trinajstić information content (AvgIpc) is 2.32.